The largest absolute Gasteiger partial charge is 0.497 e. The lowest BCUT2D eigenvalue weighted by Crippen LogP contribution is -2.66. The maximum absolute atomic E-state index is 14.4. The number of aryl methyl sites for hydroxylation is 1. The van der Waals surface area contributed by atoms with Crippen LogP contribution in [0.2, 0.25) is 0 Å². The van der Waals surface area contributed by atoms with E-state index in [0.29, 0.717) is 25.2 Å². The quantitative estimate of drug-likeness (QED) is 0.266. The summed E-state index contributed by atoms with van der Waals surface area (Å²) in [7, 11) is 1.64. The van der Waals surface area contributed by atoms with Crippen LogP contribution in [-0.4, -0.2) is 40.0 Å². The average molecular weight is 576 g/mol. The van der Waals surface area contributed by atoms with Crippen molar-refractivity contribution in [2.24, 2.45) is 0 Å². The number of ether oxygens (including phenoxy) is 1. The molecule has 6 nitrogen and oxygen atoms in total. The smallest absolute Gasteiger partial charge is 0.271 e. The predicted octanol–water partition coefficient (Wildman–Crippen LogP) is 7.67. The second-order valence-electron chi connectivity index (χ2n) is 10.7. The fourth-order valence-corrected chi connectivity index (χ4v) is 6.95. The monoisotopic (exact) mass is 575 g/mol. The van der Waals surface area contributed by atoms with Crippen molar-refractivity contribution in [1.29, 1.82) is 0 Å². The Morgan fingerprint density at radius 2 is 1.85 bits per heavy atom. The summed E-state index contributed by atoms with van der Waals surface area (Å²) in [4.78, 5) is 31.9. The number of methoxy groups -OCH3 is 1. The zero-order valence-corrected chi connectivity index (χ0v) is 26.1. The molecule has 7 heteroatoms. The van der Waals surface area contributed by atoms with Crippen LogP contribution in [0.25, 0.3) is 10.2 Å². The Labute approximate surface area is 249 Å². The molecule has 1 atom stereocenters. The standard InChI is InChI=1S/C32H39N3O3S.C2H6/c1-4-6-7-11-18-32(31(37)33-24-12-9-8-10-13-24)22-34-27-19-26(5-2)39-29(27)20-28(34)30(36)35(32)21-23-14-16-25(38-3)17-15-23;1-2/h4,6-7,11,14-17,19-20,24H,5,8-10,12-13,18,21-22H2,1-3H3,(H,33,37);1-2H3/b6-4-,11-7-;. The van der Waals surface area contributed by atoms with Gasteiger partial charge in [0, 0.05) is 17.5 Å². The summed E-state index contributed by atoms with van der Waals surface area (Å²) < 4.78 is 8.55. The number of fused-ring (bicyclic) bond motifs is 3. The highest BCUT2D eigenvalue weighted by Gasteiger charge is 2.51. The van der Waals surface area contributed by atoms with E-state index in [1.54, 1.807) is 18.4 Å². The molecule has 1 fully saturated rings. The van der Waals surface area contributed by atoms with Gasteiger partial charge in [0.05, 0.1) is 23.9 Å². The van der Waals surface area contributed by atoms with Crippen LogP contribution in [0, 0.1) is 0 Å². The first-order chi connectivity index (χ1) is 20.0. The highest BCUT2D eigenvalue weighted by Crippen LogP contribution is 2.39. The summed E-state index contributed by atoms with van der Waals surface area (Å²) in [6.45, 7) is 8.89. The topological polar surface area (TPSA) is 63.6 Å². The van der Waals surface area contributed by atoms with E-state index in [-0.39, 0.29) is 17.9 Å². The third kappa shape index (κ3) is 6.45. The number of carbonyl (C=O) groups excluding carboxylic acids is 2. The third-order valence-electron chi connectivity index (χ3n) is 8.15. The molecule has 1 aliphatic heterocycles. The molecular weight excluding hydrogens is 530 g/mol. The molecule has 0 spiro atoms. The summed E-state index contributed by atoms with van der Waals surface area (Å²) in [6.07, 6.45) is 14.8. The van der Waals surface area contributed by atoms with E-state index in [1.807, 2.05) is 80.3 Å². The van der Waals surface area contributed by atoms with Crippen LogP contribution in [-0.2, 0) is 24.3 Å². The first-order valence-electron chi connectivity index (χ1n) is 15.1. The second kappa shape index (κ2) is 14.0. The van der Waals surface area contributed by atoms with Crippen molar-refractivity contribution in [3.05, 3.63) is 76.8 Å². The maximum Gasteiger partial charge on any atom is 0.271 e. The molecule has 1 aromatic carbocycles. The van der Waals surface area contributed by atoms with Gasteiger partial charge in [-0.05, 0) is 62.4 Å². The molecule has 3 heterocycles. The summed E-state index contributed by atoms with van der Waals surface area (Å²) in [6, 6.07) is 12.1. The number of hydrogen-bond donors (Lipinski definition) is 1. The lowest BCUT2D eigenvalue weighted by molar-refractivity contribution is -0.135. The summed E-state index contributed by atoms with van der Waals surface area (Å²) in [5.74, 6) is 0.608. The molecule has 0 saturated heterocycles. The van der Waals surface area contributed by atoms with Crippen molar-refractivity contribution in [3.8, 4) is 5.75 Å². The number of thiophene rings is 1. The van der Waals surface area contributed by atoms with Gasteiger partial charge < -0.3 is 19.5 Å². The molecule has 3 aromatic rings. The fourth-order valence-electron chi connectivity index (χ4n) is 5.91. The molecule has 0 radical (unpaired) electrons. The number of carbonyl (C=O) groups is 2. The van der Waals surface area contributed by atoms with E-state index in [1.165, 1.54) is 11.3 Å². The summed E-state index contributed by atoms with van der Waals surface area (Å²) in [5.41, 5.74) is 1.62. The minimum atomic E-state index is -1.06. The highest BCUT2D eigenvalue weighted by atomic mass is 32.1. The molecule has 1 N–H and O–H groups in total. The van der Waals surface area contributed by atoms with E-state index < -0.39 is 5.54 Å². The van der Waals surface area contributed by atoms with Gasteiger partial charge >= 0.3 is 0 Å². The fraction of sp³-hybridized carbons (Fsp3) is 0.471. The molecule has 1 unspecified atom stereocenters. The molecule has 41 heavy (non-hydrogen) atoms. The molecule has 2 amide bonds. The number of aromatic nitrogens is 1. The van der Waals surface area contributed by atoms with Gasteiger partial charge in [0.1, 0.15) is 17.0 Å². The zero-order valence-electron chi connectivity index (χ0n) is 25.2. The van der Waals surface area contributed by atoms with Gasteiger partial charge in [-0.2, -0.15) is 0 Å². The first kappa shape index (κ1) is 30.6. The molecule has 1 saturated carbocycles. The number of benzene rings is 1. The Balaban J connectivity index is 0.00000189. The van der Waals surface area contributed by atoms with Crippen LogP contribution in [0.15, 0.2) is 60.7 Å². The third-order valence-corrected chi connectivity index (χ3v) is 9.36. The van der Waals surface area contributed by atoms with E-state index in [0.717, 1.165) is 53.6 Å². The molecule has 220 valence electrons. The van der Waals surface area contributed by atoms with Gasteiger partial charge in [-0.3, -0.25) is 9.59 Å². The van der Waals surface area contributed by atoms with Crippen LogP contribution in [0.4, 0.5) is 0 Å². The van der Waals surface area contributed by atoms with E-state index in [2.05, 4.69) is 22.9 Å². The van der Waals surface area contributed by atoms with Crippen LogP contribution >= 0.6 is 11.3 Å². The minimum Gasteiger partial charge on any atom is -0.497 e. The molecule has 1 aliphatic carbocycles. The number of allylic oxidation sites excluding steroid dienone is 3. The number of nitrogens with one attached hydrogen (secondary N) is 1. The Bertz CT molecular complexity index is 1380. The van der Waals surface area contributed by atoms with Crippen molar-refractivity contribution in [2.75, 3.05) is 7.11 Å². The van der Waals surface area contributed by atoms with Crippen molar-refractivity contribution < 1.29 is 14.3 Å². The molecule has 0 bridgehead atoms. The van der Waals surface area contributed by atoms with Crippen LogP contribution in [0.3, 0.4) is 0 Å². The number of amides is 2. The van der Waals surface area contributed by atoms with E-state index in [4.69, 9.17) is 4.74 Å². The highest BCUT2D eigenvalue weighted by molar-refractivity contribution is 7.19. The summed E-state index contributed by atoms with van der Waals surface area (Å²) >= 11 is 1.73. The molecule has 2 aromatic heterocycles. The Hall–Kier alpha value is -3.32. The first-order valence-corrected chi connectivity index (χ1v) is 16.0. The van der Waals surface area contributed by atoms with Crippen molar-refractivity contribution in [1.82, 2.24) is 14.8 Å². The van der Waals surface area contributed by atoms with Crippen molar-refractivity contribution >= 4 is 33.4 Å². The van der Waals surface area contributed by atoms with Crippen molar-refractivity contribution in [3.63, 3.8) is 0 Å². The summed E-state index contributed by atoms with van der Waals surface area (Å²) in [5, 5.41) is 3.40. The molecular formula is C34H45N3O3S. The lowest BCUT2D eigenvalue weighted by atomic mass is 9.86. The Kier molecular flexibility index (Phi) is 10.5. The maximum atomic E-state index is 14.4. The Morgan fingerprint density at radius 3 is 2.51 bits per heavy atom. The average Bonchev–Trinajstić information content (AvgIpc) is 3.57. The van der Waals surface area contributed by atoms with Gasteiger partial charge in [0.15, 0.2) is 0 Å². The van der Waals surface area contributed by atoms with Crippen LogP contribution < -0.4 is 10.1 Å². The number of hydrogen-bond acceptors (Lipinski definition) is 4. The molecule has 2 aliphatic rings. The van der Waals surface area contributed by atoms with Gasteiger partial charge in [-0.15, -0.1) is 11.3 Å². The minimum absolute atomic E-state index is 0.0557. The van der Waals surface area contributed by atoms with Crippen LogP contribution in [0.5, 0.6) is 5.75 Å². The number of nitrogens with zero attached hydrogens (tertiary/aromatic N) is 2. The van der Waals surface area contributed by atoms with E-state index >= 15 is 0 Å². The number of rotatable bonds is 9. The Morgan fingerprint density at radius 1 is 1.12 bits per heavy atom. The van der Waals surface area contributed by atoms with E-state index in [9.17, 15) is 9.59 Å². The molecule has 5 rings (SSSR count). The van der Waals surface area contributed by atoms with Gasteiger partial charge in [0.25, 0.3) is 5.91 Å². The second-order valence-corrected chi connectivity index (χ2v) is 11.8. The zero-order chi connectivity index (χ0) is 29.4. The normalized spacial score (nSPS) is 19.4. The van der Waals surface area contributed by atoms with Crippen LogP contribution in [0.1, 0.15) is 87.1 Å². The van der Waals surface area contributed by atoms with Gasteiger partial charge in [0.2, 0.25) is 5.91 Å². The van der Waals surface area contributed by atoms with Crippen molar-refractivity contribution in [2.45, 2.75) is 97.3 Å². The predicted molar refractivity (Wildman–Crippen MR) is 170 cm³/mol. The van der Waals surface area contributed by atoms with Gasteiger partial charge in [-0.25, -0.2) is 0 Å². The van der Waals surface area contributed by atoms with Gasteiger partial charge in [-0.1, -0.05) is 76.5 Å². The lowest BCUT2D eigenvalue weighted by Gasteiger charge is -2.46. The SMILES string of the molecule is C/C=C\C=C/CC1(C(=O)NC2CCCCC2)Cn2c(cc3sc(CC)cc32)C(=O)N1Cc1ccc(OC)cc1.CC.